The van der Waals surface area contributed by atoms with E-state index < -0.39 is 11.7 Å². The highest BCUT2D eigenvalue weighted by molar-refractivity contribution is 9.10. The number of hydrogen-bond donors (Lipinski definition) is 0. The van der Waals surface area contributed by atoms with Gasteiger partial charge in [-0.3, -0.25) is 4.79 Å². The highest BCUT2D eigenvalue weighted by Gasteiger charge is 2.23. The minimum absolute atomic E-state index is 0.0710. The van der Waals surface area contributed by atoms with E-state index >= 15 is 0 Å². The number of benzene rings is 2. The first-order valence-electron chi connectivity index (χ1n) is 13.2. The fraction of sp³-hybridized carbons (Fsp3) is 0.345. The molecule has 0 N–H and O–H groups in total. The van der Waals surface area contributed by atoms with Gasteiger partial charge in [0.05, 0.1) is 35.7 Å². The van der Waals surface area contributed by atoms with Crippen LogP contribution in [0.4, 0.5) is 4.79 Å². The van der Waals surface area contributed by atoms with Crippen LogP contribution < -0.4 is 0 Å². The second-order valence-electron chi connectivity index (χ2n) is 11.0. The molecule has 1 aliphatic heterocycles. The van der Waals surface area contributed by atoms with Gasteiger partial charge in [0.1, 0.15) is 11.3 Å². The fourth-order valence-corrected chi connectivity index (χ4v) is 5.57. The Morgan fingerprint density at radius 1 is 1.18 bits per heavy atom. The molecule has 0 aliphatic carbocycles. The van der Waals surface area contributed by atoms with Crippen molar-refractivity contribution in [2.24, 2.45) is 0 Å². The van der Waals surface area contributed by atoms with Crippen LogP contribution in [0.3, 0.4) is 0 Å². The SMILES string of the molecule is CC(C)(C)OC(=O)n1c(C=O)cc2ccc(Cn3cc(-c4cc(Br)cc5c4cnn5C4CCCCO4)nn3)cc21. The summed E-state index contributed by atoms with van der Waals surface area (Å²) in [7, 11) is 0. The summed E-state index contributed by atoms with van der Waals surface area (Å²) in [5, 5.41) is 15.2. The van der Waals surface area contributed by atoms with Crippen LogP contribution in [0.15, 0.2) is 53.3 Å². The van der Waals surface area contributed by atoms with Gasteiger partial charge in [-0.2, -0.15) is 5.10 Å². The third kappa shape index (κ3) is 5.06. The van der Waals surface area contributed by atoms with Gasteiger partial charge < -0.3 is 9.47 Å². The van der Waals surface area contributed by atoms with Crippen molar-refractivity contribution in [3.05, 3.63) is 64.5 Å². The summed E-state index contributed by atoms with van der Waals surface area (Å²) in [4.78, 5) is 24.6. The van der Waals surface area contributed by atoms with Gasteiger partial charge in [-0.1, -0.05) is 33.3 Å². The van der Waals surface area contributed by atoms with E-state index in [2.05, 4.69) is 37.4 Å². The number of rotatable bonds is 5. The number of hydrogen-bond acceptors (Lipinski definition) is 7. The van der Waals surface area contributed by atoms with Gasteiger partial charge in [0.15, 0.2) is 12.5 Å². The zero-order chi connectivity index (χ0) is 28.0. The third-order valence-corrected chi connectivity index (χ3v) is 7.32. The lowest BCUT2D eigenvalue weighted by atomic mass is 10.1. The van der Waals surface area contributed by atoms with Crippen molar-refractivity contribution >= 4 is 50.1 Å². The molecule has 40 heavy (non-hydrogen) atoms. The minimum Gasteiger partial charge on any atom is -0.443 e. The van der Waals surface area contributed by atoms with Crippen LogP contribution in [0, 0.1) is 0 Å². The first-order valence-corrected chi connectivity index (χ1v) is 14.0. The lowest BCUT2D eigenvalue weighted by molar-refractivity contribution is -0.0366. The molecule has 2 aromatic carbocycles. The lowest BCUT2D eigenvalue weighted by Crippen LogP contribution is -2.28. The van der Waals surface area contributed by atoms with Gasteiger partial charge >= 0.3 is 6.09 Å². The summed E-state index contributed by atoms with van der Waals surface area (Å²) in [6.07, 6.45) is 6.87. The van der Waals surface area contributed by atoms with Crippen molar-refractivity contribution in [2.45, 2.75) is 58.4 Å². The second kappa shape index (κ2) is 10.3. The summed E-state index contributed by atoms with van der Waals surface area (Å²) in [5.41, 5.74) is 3.65. The summed E-state index contributed by atoms with van der Waals surface area (Å²) in [6.45, 7) is 6.53. The highest BCUT2D eigenvalue weighted by atomic mass is 79.9. The van der Waals surface area contributed by atoms with Gasteiger partial charge in [0.2, 0.25) is 0 Å². The number of ether oxygens (including phenoxy) is 2. The second-order valence-corrected chi connectivity index (χ2v) is 11.9. The molecule has 1 fully saturated rings. The largest absolute Gasteiger partial charge is 0.443 e. The molecule has 5 aromatic rings. The number of carbonyl (C=O) groups excluding carboxylic acids is 2. The van der Waals surface area contributed by atoms with Crippen molar-refractivity contribution in [2.75, 3.05) is 6.61 Å². The maximum atomic E-state index is 12.9. The predicted octanol–water partition coefficient (Wildman–Crippen LogP) is 6.36. The van der Waals surface area contributed by atoms with Crippen LogP contribution in [0.25, 0.3) is 33.1 Å². The molecule has 10 nitrogen and oxygen atoms in total. The Labute approximate surface area is 239 Å². The van der Waals surface area contributed by atoms with Gasteiger partial charge in [0, 0.05) is 27.4 Å². The molecule has 6 rings (SSSR count). The van der Waals surface area contributed by atoms with Crippen LogP contribution in [-0.2, 0) is 16.0 Å². The Morgan fingerprint density at radius 2 is 2.02 bits per heavy atom. The molecular weight excluding hydrogens is 576 g/mol. The number of aromatic nitrogens is 6. The molecule has 1 saturated heterocycles. The standard InChI is InChI=1S/C29H29BrN6O4/c1-29(2,3)40-28(38)35-21(17-37)11-19-8-7-18(10-25(19)35)15-34-16-24(32-33-34)22-12-20(30)13-26-23(22)14-31-36(26)27-6-4-5-9-39-27/h7-8,10-14,16-17,27H,4-6,9,15H2,1-3H3. The molecule has 1 atom stereocenters. The van der Waals surface area contributed by atoms with Gasteiger partial charge in [-0.25, -0.2) is 18.7 Å². The van der Waals surface area contributed by atoms with Gasteiger partial charge in [-0.15, -0.1) is 5.10 Å². The van der Waals surface area contributed by atoms with Gasteiger partial charge in [-0.05, 0) is 69.9 Å². The Bertz CT molecular complexity index is 1740. The van der Waals surface area contributed by atoms with Crippen molar-refractivity contribution in [1.29, 1.82) is 0 Å². The molecule has 0 bridgehead atoms. The Hall–Kier alpha value is -3.83. The zero-order valence-electron chi connectivity index (χ0n) is 22.5. The smallest absolute Gasteiger partial charge is 0.419 e. The molecule has 0 spiro atoms. The van der Waals surface area contributed by atoms with Crippen LogP contribution >= 0.6 is 15.9 Å². The fourth-order valence-electron chi connectivity index (χ4n) is 5.12. The molecule has 11 heteroatoms. The van der Waals surface area contributed by atoms with E-state index in [-0.39, 0.29) is 11.9 Å². The molecule has 3 aromatic heterocycles. The molecule has 0 radical (unpaired) electrons. The molecule has 0 saturated carbocycles. The molecule has 206 valence electrons. The topological polar surface area (TPSA) is 106 Å². The molecule has 0 amide bonds. The zero-order valence-corrected chi connectivity index (χ0v) is 24.1. The van der Waals surface area contributed by atoms with E-state index in [4.69, 9.17) is 9.47 Å². The normalized spacial score (nSPS) is 16.1. The summed E-state index contributed by atoms with van der Waals surface area (Å²) in [6, 6.07) is 11.5. The number of fused-ring (bicyclic) bond motifs is 2. The maximum Gasteiger partial charge on any atom is 0.419 e. The van der Waals surface area contributed by atoms with E-state index in [0.717, 1.165) is 63.5 Å². The van der Waals surface area contributed by atoms with E-state index in [1.54, 1.807) is 31.5 Å². The van der Waals surface area contributed by atoms with E-state index in [0.29, 0.717) is 18.3 Å². The van der Waals surface area contributed by atoms with E-state index in [1.807, 2.05) is 41.3 Å². The Morgan fingerprint density at radius 3 is 2.77 bits per heavy atom. The van der Waals surface area contributed by atoms with Gasteiger partial charge in [0.25, 0.3) is 0 Å². The number of nitrogens with zero attached hydrogens (tertiary/aromatic N) is 6. The summed E-state index contributed by atoms with van der Waals surface area (Å²) in [5.74, 6) is 0. The molecular formula is C29H29BrN6O4. The first kappa shape index (κ1) is 26.4. The number of halogens is 1. The van der Waals surface area contributed by atoms with E-state index in [1.165, 1.54) is 4.57 Å². The highest BCUT2D eigenvalue weighted by Crippen LogP contribution is 2.34. The van der Waals surface area contributed by atoms with Crippen LogP contribution in [0.5, 0.6) is 0 Å². The molecule has 1 unspecified atom stereocenters. The Balaban J connectivity index is 1.31. The molecule has 1 aliphatic rings. The maximum absolute atomic E-state index is 12.9. The summed E-state index contributed by atoms with van der Waals surface area (Å²) < 4.78 is 17.5. The first-order chi connectivity index (χ1) is 19.2. The van der Waals surface area contributed by atoms with Crippen LogP contribution in [-0.4, -0.2) is 53.9 Å². The van der Waals surface area contributed by atoms with Crippen molar-refractivity contribution in [3.8, 4) is 11.3 Å². The minimum atomic E-state index is -0.694. The lowest BCUT2D eigenvalue weighted by Gasteiger charge is -2.23. The van der Waals surface area contributed by atoms with Crippen LogP contribution in [0.1, 0.15) is 62.3 Å². The Kier molecular flexibility index (Phi) is 6.79. The average Bonchev–Trinajstić information content (AvgIpc) is 3.64. The van der Waals surface area contributed by atoms with Crippen molar-refractivity contribution in [1.82, 2.24) is 29.3 Å². The monoisotopic (exact) mass is 604 g/mol. The molecule has 4 heterocycles. The third-order valence-electron chi connectivity index (χ3n) is 6.86. The van der Waals surface area contributed by atoms with E-state index in [9.17, 15) is 9.59 Å². The number of carbonyl (C=O) groups is 2. The van der Waals surface area contributed by atoms with Crippen molar-refractivity contribution in [3.63, 3.8) is 0 Å². The summed E-state index contributed by atoms with van der Waals surface area (Å²) >= 11 is 3.65. The predicted molar refractivity (Wildman–Crippen MR) is 153 cm³/mol. The number of aldehydes is 1. The quantitative estimate of drug-likeness (QED) is 0.215. The van der Waals surface area contributed by atoms with Crippen molar-refractivity contribution < 1.29 is 19.1 Å². The van der Waals surface area contributed by atoms with Crippen LogP contribution in [0.2, 0.25) is 0 Å². The average molecular weight is 605 g/mol.